The summed E-state index contributed by atoms with van der Waals surface area (Å²) in [6.45, 7) is 3.46. The van der Waals surface area contributed by atoms with Gasteiger partial charge in [-0.15, -0.1) is 0 Å². The van der Waals surface area contributed by atoms with E-state index in [1.54, 1.807) is 12.1 Å². The van der Waals surface area contributed by atoms with E-state index in [9.17, 15) is 9.00 Å². The Kier molecular flexibility index (Phi) is 10.3. The molecule has 0 amide bonds. The van der Waals surface area contributed by atoms with Crippen molar-refractivity contribution < 1.29 is 27.2 Å². The minimum atomic E-state index is -2.05. The highest BCUT2D eigenvalue weighted by Crippen LogP contribution is 2.34. The lowest BCUT2D eigenvalue weighted by atomic mass is 10.0. The van der Waals surface area contributed by atoms with E-state index in [0.717, 1.165) is 48.8 Å². The maximum Gasteiger partial charge on any atom is 0.484 e. The van der Waals surface area contributed by atoms with Crippen LogP contribution in [0.25, 0.3) is 0 Å². The SMILES string of the molecule is O=C(CCCCCCCCCC[N+]12Cc3cccc[n+]3C1[n+]1ccccc1C2)CCCc1ccc(NS(=O)O)cc1. The third-order valence-corrected chi connectivity index (χ3v) is 9.20. The van der Waals surface area contributed by atoms with Crippen molar-refractivity contribution in [2.75, 3.05) is 11.3 Å². The van der Waals surface area contributed by atoms with Gasteiger partial charge in [-0.25, -0.2) is 4.21 Å². The first-order chi connectivity index (χ1) is 20.0. The second-order valence-electron chi connectivity index (χ2n) is 11.8. The minimum absolute atomic E-state index is 0.362. The second-order valence-corrected chi connectivity index (χ2v) is 12.5. The Morgan fingerprint density at radius 1 is 0.780 bits per heavy atom. The van der Waals surface area contributed by atoms with Gasteiger partial charge < -0.3 is 0 Å². The van der Waals surface area contributed by atoms with Crippen molar-refractivity contribution in [2.24, 2.45) is 0 Å². The summed E-state index contributed by atoms with van der Waals surface area (Å²) in [7, 11) is 0. The molecule has 1 atom stereocenters. The van der Waals surface area contributed by atoms with Gasteiger partial charge in [-0.3, -0.25) is 14.1 Å². The van der Waals surface area contributed by atoms with Gasteiger partial charge in [0.25, 0.3) is 11.3 Å². The van der Waals surface area contributed by atoms with Crippen LogP contribution in [-0.4, -0.2) is 25.6 Å². The van der Waals surface area contributed by atoms with Crippen LogP contribution in [-0.2, 0) is 35.6 Å². The van der Waals surface area contributed by atoms with Crippen LogP contribution in [0.5, 0.6) is 0 Å². The highest BCUT2D eigenvalue weighted by atomic mass is 32.2. The fourth-order valence-corrected chi connectivity index (χ4v) is 7.10. The van der Waals surface area contributed by atoms with E-state index in [2.05, 4.69) is 62.6 Å². The van der Waals surface area contributed by atoms with Crippen LogP contribution in [0.15, 0.2) is 73.1 Å². The fraction of sp³-hybridized carbons (Fsp3) is 0.485. The third-order valence-electron chi connectivity index (χ3n) is 8.79. The molecule has 4 heterocycles. The fourth-order valence-electron chi connectivity index (χ4n) is 6.77. The summed E-state index contributed by atoms with van der Waals surface area (Å²) in [5.74, 6) is 0.370. The molecule has 2 aromatic heterocycles. The smallest absolute Gasteiger partial charge is 0.300 e. The van der Waals surface area contributed by atoms with Gasteiger partial charge in [0, 0.05) is 42.8 Å². The molecule has 2 aliphatic rings. The van der Waals surface area contributed by atoms with Gasteiger partial charge >= 0.3 is 6.29 Å². The first-order valence-electron chi connectivity index (χ1n) is 15.4. The predicted octanol–water partition coefficient (Wildman–Crippen LogP) is 5.76. The van der Waals surface area contributed by atoms with E-state index in [4.69, 9.17) is 4.55 Å². The van der Waals surface area contributed by atoms with Crippen molar-refractivity contribution in [3.05, 3.63) is 90.0 Å². The van der Waals surface area contributed by atoms with Crippen molar-refractivity contribution in [1.29, 1.82) is 0 Å². The summed E-state index contributed by atoms with van der Waals surface area (Å²) in [6, 6.07) is 20.7. The van der Waals surface area contributed by atoms with E-state index in [1.165, 1.54) is 56.5 Å². The van der Waals surface area contributed by atoms with Crippen molar-refractivity contribution in [3.63, 3.8) is 0 Å². The molecule has 2 N–H and O–H groups in total. The number of nitrogens with one attached hydrogen (secondary N) is 1. The van der Waals surface area contributed by atoms with Crippen LogP contribution in [0.3, 0.4) is 0 Å². The van der Waals surface area contributed by atoms with Gasteiger partial charge in [-0.1, -0.05) is 53.4 Å². The topological polar surface area (TPSA) is 74.2 Å². The van der Waals surface area contributed by atoms with Crippen LogP contribution >= 0.6 is 0 Å². The van der Waals surface area contributed by atoms with Crippen LogP contribution in [0.1, 0.15) is 93.9 Å². The lowest BCUT2D eigenvalue weighted by Crippen LogP contribution is -2.62. The lowest BCUT2D eigenvalue weighted by molar-refractivity contribution is -1.16. The maximum atomic E-state index is 12.3. The number of aromatic nitrogens is 2. The first-order valence-corrected chi connectivity index (χ1v) is 16.5. The van der Waals surface area contributed by atoms with E-state index in [-0.39, 0.29) is 0 Å². The normalized spacial score (nSPS) is 19.4. The molecule has 1 unspecified atom stereocenters. The van der Waals surface area contributed by atoms with Crippen molar-refractivity contribution >= 4 is 22.7 Å². The Balaban J connectivity index is 0.910. The minimum Gasteiger partial charge on any atom is -0.300 e. The molecule has 0 aliphatic carbocycles. The van der Waals surface area contributed by atoms with E-state index < -0.39 is 11.3 Å². The number of benzene rings is 1. The van der Waals surface area contributed by atoms with E-state index in [0.29, 0.717) is 30.6 Å². The number of quaternary nitrogens is 1. The summed E-state index contributed by atoms with van der Waals surface area (Å²) >= 11 is -2.05. The average Bonchev–Trinajstić information content (AvgIpc) is 3.45. The summed E-state index contributed by atoms with van der Waals surface area (Å²) < 4.78 is 28.2. The molecule has 0 saturated heterocycles. The van der Waals surface area contributed by atoms with Crippen molar-refractivity contribution in [3.8, 4) is 0 Å². The second kappa shape index (κ2) is 14.3. The molecule has 0 saturated carbocycles. The molecule has 0 radical (unpaired) electrons. The van der Waals surface area contributed by atoms with Gasteiger partial charge in [0.05, 0.1) is 6.54 Å². The Morgan fingerprint density at radius 2 is 1.34 bits per heavy atom. The van der Waals surface area contributed by atoms with Gasteiger partial charge in [-0.2, -0.15) is 4.48 Å². The Bertz CT molecular complexity index is 1280. The van der Waals surface area contributed by atoms with Crippen LogP contribution < -0.4 is 13.9 Å². The number of ketones is 1. The molecule has 7 nitrogen and oxygen atoms in total. The van der Waals surface area contributed by atoms with Crippen LogP contribution in [0.2, 0.25) is 0 Å². The molecule has 41 heavy (non-hydrogen) atoms. The number of anilines is 1. The molecular weight excluding hydrogens is 532 g/mol. The van der Waals surface area contributed by atoms with E-state index >= 15 is 0 Å². The monoisotopic (exact) mass is 577 g/mol. The Morgan fingerprint density at radius 3 is 1.95 bits per heavy atom. The van der Waals surface area contributed by atoms with Gasteiger partial charge in [0.15, 0.2) is 25.5 Å². The zero-order valence-corrected chi connectivity index (χ0v) is 24.9. The molecule has 8 heteroatoms. The summed E-state index contributed by atoms with van der Waals surface area (Å²) in [6.07, 6.45) is 17.8. The number of carbonyl (C=O) groups is 1. The van der Waals surface area contributed by atoms with Crippen molar-refractivity contribution in [2.45, 2.75) is 96.4 Å². The van der Waals surface area contributed by atoms with E-state index in [1.807, 2.05) is 12.1 Å². The van der Waals surface area contributed by atoms with Gasteiger partial charge in [0.2, 0.25) is 11.4 Å². The number of rotatable bonds is 17. The summed E-state index contributed by atoms with van der Waals surface area (Å²) in [5.41, 5.74) is 4.65. The number of aryl methyl sites for hydroxylation is 1. The molecule has 1 aromatic carbocycles. The maximum absolute atomic E-state index is 12.3. The van der Waals surface area contributed by atoms with Gasteiger partial charge in [-0.05, 0) is 61.9 Å². The van der Waals surface area contributed by atoms with Crippen LogP contribution in [0.4, 0.5) is 5.69 Å². The number of carbonyl (C=O) groups excluding carboxylic acids is 1. The number of fused-ring (bicyclic) bond motifs is 5. The highest BCUT2D eigenvalue weighted by molar-refractivity contribution is 7.80. The Labute approximate surface area is 247 Å². The summed E-state index contributed by atoms with van der Waals surface area (Å²) in [5, 5.41) is 0. The quantitative estimate of drug-likeness (QED) is 0.0927. The molecule has 5 rings (SSSR count). The zero-order valence-electron chi connectivity index (χ0n) is 24.1. The molecular formula is C33H45N4O3S+3. The van der Waals surface area contributed by atoms with Crippen LogP contribution in [0, 0.1) is 0 Å². The summed E-state index contributed by atoms with van der Waals surface area (Å²) in [4.78, 5) is 12.3. The van der Waals surface area contributed by atoms with Crippen molar-refractivity contribution in [1.82, 2.24) is 0 Å². The largest absolute Gasteiger partial charge is 0.484 e. The number of hydrogen-bond acceptors (Lipinski definition) is 2. The number of hydrogen-bond donors (Lipinski definition) is 2. The number of Topliss-reactive ketones (excluding diaryl/α,β-unsaturated/α-hetero) is 1. The number of pyridine rings is 2. The lowest BCUT2D eigenvalue weighted by Gasteiger charge is -2.24. The Hall–Kier alpha value is -2.94. The number of unbranched alkanes of at least 4 members (excludes halogenated alkanes) is 7. The third kappa shape index (κ3) is 7.67. The van der Waals surface area contributed by atoms with Gasteiger partial charge in [0.1, 0.15) is 5.78 Å². The molecule has 0 bridgehead atoms. The predicted molar refractivity (Wildman–Crippen MR) is 161 cm³/mol. The molecule has 3 aromatic rings. The average molecular weight is 578 g/mol. The molecule has 2 aliphatic heterocycles. The molecule has 218 valence electrons. The highest BCUT2D eigenvalue weighted by Gasteiger charge is 2.63. The molecule has 0 spiro atoms. The molecule has 0 fully saturated rings. The number of nitrogens with zero attached hydrogens (tertiary/aromatic N) is 3. The standard InChI is InChI=1S/C33H44N4O3S/c38-32(18-13-14-28-19-21-29(22-20-28)34-41(39)40)17-7-5-3-1-2-4-6-12-25-37-26-30-15-8-10-23-35(30)33(37)36-24-11-9-16-31(36)27-37/h8-11,15-16,19-24,33-34H,1-7,12-14,17-18,25-27H2/q+2/p+1. The zero-order chi connectivity index (χ0) is 28.5. The first kappa shape index (κ1) is 29.5.